The van der Waals surface area contributed by atoms with Gasteiger partial charge in [0.2, 0.25) is 5.91 Å². The van der Waals surface area contributed by atoms with Gasteiger partial charge < -0.3 is 15.4 Å². The first-order valence-electron chi connectivity index (χ1n) is 6.49. The van der Waals surface area contributed by atoms with Crippen LogP contribution in [0.25, 0.3) is 0 Å². The van der Waals surface area contributed by atoms with Gasteiger partial charge in [0.15, 0.2) is 0 Å². The number of morpholine rings is 1. The lowest BCUT2D eigenvalue weighted by atomic mass is 10.3. The molecule has 0 saturated carbocycles. The Labute approximate surface area is 114 Å². The second-order valence-corrected chi connectivity index (χ2v) is 4.93. The summed E-state index contributed by atoms with van der Waals surface area (Å²) in [5, 5.41) is 0. The average Bonchev–Trinajstić information content (AvgIpc) is 2.39. The van der Waals surface area contributed by atoms with E-state index in [9.17, 15) is 4.79 Å². The minimum absolute atomic E-state index is 0.166. The van der Waals surface area contributed by atoms with E-state index in [2.05, 4.69) is 4.90 Å². The second-order valence-electron chi connectivity index (χ2n) is 4.40. The first-order valence-corrected chi connectivity index (χ1v) is 6.90. The topological polar surface area (TPSA) is 58.8 Å². The minimum Gasteiger partial charge on any atom is -0.393 e. The van der Waals surface area contributed by atoms with E-state index < -0.39 is 0 Å². The Morgan fingerprint density at radius 1 is 1.39 bits per heavy atom. The summed E-state index contributed by atoms with van der Waals surface area (Å²) in [7, 11) is 0. The van der Waals surface area contributed by atoms with E-state index in [1.807, 2.05) is 11.8 Å². The predicted octanol–water partition coefficient (Wildman–Crippen LogP) is 0.233. The number of carbonyl (C=O) groups excluding carboxylic acids is 1. The number of amides is 1. The Morgan fingerprint density at radius 3 is 2.61 bits per heavy atom. The van der Waals surface area contributed by atoms with Gasteiger partial charge in [-0.25, -0.2) is 0 Å². The first-order chi connectivity index (χ1) is 8.63. The Kier molecular flexibility index (Phi) is 7.15. The van der Waals surface area contributed by atoms with E-state index >= 15 is 0 Å². The third-order valence-corrected chi connectivity index (χ3v) is 3.28. The molecule has 0 aliphatic carbocycles. The number of nitrogens with zero attached hydrogens (tertiary/aromatic N) is 2. The summed E-state index contributed by atoms with van der Waals surface area (Å²) in [6.07, 6.45) is 1.13. The van der Waals surface area contributed by atoms with Crippen LogP contribution in [0.15, 0.2) is 0 Å². The van der Waals surface area contributed by atoms with Gasteiger partial charge in [-0.1, -0.05) is 19.1 Å². The summed E-state index contributed by atoms with van der Waals surface area (Å²) in [6.45, 7) is 7.62. The van der Waals surface area contributed by atoms with Crippen LogP contribution in [0.4, 0.5) is 0 Å². The molecule has 0 aromatic rings. The maximum atomic E-state index is 11.8. The van der Waals surface area contributed by atoms with E-state index in [0.717, 1.165) is 39.4 Å². The molecule has 0 aromatic heterocycles. The Bertz CT molecular complexity index is 280. The van der Waals surface area contributed by atoms with Crippen LogP contribution in [0.5, 0.6) is 0 Å². The molecular formula is C12H23N3O2S. The van der Waals surface area contributed by atoms with Crippen molar-refractivity contribution >= 4 is 23.1 Å². The summed E-state index contributed by atoms with van der Waals surface area (Å²) in [5.41, 5.74) is 5.49. The molecule has 1 rings (SSSR count). The molecule has 1 heterocycles. The van der Waals surface area contributed by atoms with Crippen LogP contribution in [0, 0.1) is 0 Å². The number of hydrogen-bond acceptors (Lipinski definition) is 4. The molecule has 18 heavy (non-hydrogen) atoms. The number of carbonyl (C=O) groups is 1. The van der Waals surface area contributed by atoms with Gasteiger partial charge in [-0.3, -0.25) is 9.69 Å². The lowest BCUT2D eigenvalue weighted by Crippen LogP contribution is -2.43. The van der Waals surface area contributed by atoms with E-state index in [4.69, 9.17) is 22.7 Å². The van der Waals surface area contributed by atoms with Crippen LogP contribution in [0.3, 0.4) is 0 Å². The third-order valence-electron chi connectivity index (χ3n) is 3.07. The molecule has 6 heteroatoms. The smallest absolute Gasteiger partial charge is 0.222 e. The van der Waals surface area contributed by atoms with Crippen molar-refractivity contribution in [3.63, 3.8) is 0 Å². The molecule has 2 N–H and O–H groups in total. The van der Waals surface area contributed by atoms with Crippen molar-refractivity contribution in [3.8, 4) is 0 Å². The molecule has 0 unspecified atom stereocenters. The quantitative estimate of drug-likeness (QED) is 0.673. The highest BCUT2D eigenvalue weighted by atomic mass is 32.1. The summed E-state index contributed by atoms with van der Waals surface area (Å²) in [5.74, 6) is 0.166. The van der Waals surface area contributed by atoms with Crippen molar-refractivity contribution in [2.45, 2.75) is 19.8 Å². The number of hydrogen-bond donors (Lipinski definition) is 1. The van der Waals surface area contributed by atoms with E-state index in [0.29, 0.717) is 24.4 Å². The number of ether oxygens (including phenoxy) is 1. The molecule has 0 bridgehead atoms. The molecule has 0 aromatic carbocycles. The molecule has 1 aliphatic heterocycles. The molecule has 104 valence electrons. The molecule has 5 nitrogen and oxygen atoms in total. The van der Waals surface area contributed by atoms with Gasteiger partial charge >= 0.3 is 0 Å². The van der Waals surface area contributed by atoms with Crippen LogP contribution in [-0.2, 0) is 9.53 Å². The van der Waals surface area contributed by atoms with Crippen molar-refractivity contribution in [2.75, 3.05) is 45.9 Å². The zero-order valence-electron chi connectivity index (χ0n) is 11.1. The normalized spacial score (nSPS) is 16.5. The van der Waals surface area contributed by atoms with E-state index in [1.165, 1.54) is 0 Å². The van der Waals surface area contributed by atoms with Crippen LogP contribution in [0.2, 0.25) is 0 Å². The Balaban J connectivity index is 2.34. The molecule has 1 amide bonds. The number of nitrogens with two attached hydrogens (primary N) is 1. The summed E-state index contributed by atoms with van der Waals surface area (Å²) < 4.78 is 5.30. The SMILES string of the molecule is CCC(=O)N(CCC(N)=S)CCN1CCOCC1. The largest absolute Gasteiger partial charge is 0.393 e. The van der Waals surface area contributed by atoms with Crippen LogP contribution < -0.4 is 5.73 Å². The lowest BCUT2D eigenvalue weighted by molar-refractivity contribution is -0.131. The van der Waals surface area contributed by atoms with Crippen molar-refractivity contribution in [2.24, 2.45) is 5.73 Å². The Morgan fingerprint density at radius 2 is 2.06 bits per heavy atom. The molecule has 0 radical (unpaired) electrons. The molecule has 1 saturated heterocycles. The monoisotopic (exact) mass is 273 g/mol. The summed E-state index contributed by atoms with van der Waals surface area (Å²) >= 11 is 4.86. The van der Waals surface area contributed by atoms with Crippen molar-refractivity contribution in [3.05, 3.63) is 0 Å². The molecule has 1 aliphatic rings. The van der Waals surface area contributed by atoms with Crippen molar-refractivity contribution in [1.29, 1.82) is 0 Å². The van der Waals surface area contributed by atoms with Gasteiger partial charge in [0.05, 0.1) is 18.2 Å². The van der Waals surface area contributed by atoms with Crippen LogP contribution >= 0.6 is 12.2 Å². The van der Waals surface area contributed by atoms with Crippen LogP contribution in [0.1, 0.15) is 19.8 Å². The van der Waals surface area contributed by atoms with Gasteiger partial charge in [0.25, 0.3) is 0 Å². The first kappa shape index (κ1) is 15.3. The van der Waals surface area contributed by atoms with Crippen LogP contribution in [-0.4, -0.2) is 66.6 Å². The summed E-state index contributed by atoms with van der Waals surface area (Å²) in [4.78, 5) is 16.4. The third kappa shape index (κ3) is 5.75. The fourth-order valence-corrected chi connectivity index (χ4v) is 2.01. The molecule has 0 atom stereocenters. The average molecular weight is 273 g/mol. The predicted molar refractivity (Wildman–Crippen MR) is 75.5 cm³/mol. The van der Waals surface area contributed by atoms with Gasteiger partial charge in [-0.15, -0.1) is 0 Å². The van der Waals surface area contributed by atoms with Crippen molar-refractivity contribution < 1.29 is 9.53 Å². The number of thiocarbonyl (C=S) groups is 1. The molecular weight excluding hydrogens is 250 g/mol. The highest BCUT2D eigenvalue weighted by Crippen LogP contribution is 2.01. The lowest BCUT2D eigenvalue weighted by Gasteiger charge is -2.30. The fourth-order valence-electron chi connectivity index (χ4n) is 1.92. The van der Waals surface area contributed by atoms with Gasteiger partial charge in [-0.2, -0.15) is 0 Å². The minimum atomic E-state index is 0.166. The maximum absolute atomic E-state index is 11.8. The van der Waals surface area contributed by atoms with Gasteiger partial charge in [-0.05, 0) is 0 Å². The van der Waals surface area contributed by atoms with Gasteiger partial charge in [0.1, 0.15) is 0 Å². The van der Waals surface area contributed by atoms with Crippen molar-refractivity contribution in [1.82, 2.24) is 9.80 Å². The zero-order chi connectivity index (χ0) is 13.4. The maximum Gasteiger partial charge on any atom is 0.222 e. The molecule has 0 spiro atoms. The Hall–Kier alpha value is -0.720. The summed E-state index contributed by atoms with van der Waals surface area (Å²) in [6, 6.07) is 0. The second kappa shape index (κ2) is 8.39. The fraction of sp³-hybridized carbons (Fsp3) is 0.833. The standard InChI is InChI=1S/C12H23N3O2S/c1-2-12(16)15(4-3-11(13)18)6-5-14-7-9-17-10-8-14/h2-10H2,1H3,(H2,13,18). The zero-order valence-corrected chi connectivity index (χ0v) is 11.9. The molecule has 1 fully saturated rings. The van der Waals surface area contributed by atoms with E-state index in [-0.39, 0.29) is 5.91 Å². The van der Waals surface area contributed by atoms with E-state index in [1.54, 1.807) is 0 Å². The number of rotatable bonds is 7. The van der Waals surface area contributed by atoms with Gasteiger partial charge in [0, 0.05) is 45.6 Å². The highest BCUT2D eigenvalue weighted by Gasteiger charge is 2.15. The highest BCUT2D eigenvalue weighted by molar-refractivity contribution is 7.80.